The van der Waals surface area contributed by atoms with Gasteiger partial charge in [0, 0.05) is 8.95 Å². The van der Waals surface area contributed by atoms with Crippen LogP contribution >= 0.6 is 31.9 Å². The molecule has 0 heterocycles. The minimum Gasteiger partial charge on any atom is -0.309 e. The Morgan fingerprint density at radius 1 is 1.00 bits per heavy atom. The lowest BCUT2D eigenvalue weighted by Crippen LogP contribution is -2.18. The molecule has 0 bridgehead atoms. The average molecular weight is 401 g/mol. The van der Waals surface area contributed by atoms with Crippen LogP contribution < -0.4 is 5.32 Å². The van der Waals surface area contributed by atoms with Gasteiger partial charge in [-0.1, -0.05) is 37.9 Å². The molecule has 106 valence electrons. The van der Waals surface area contributed by atoms with Crippen LogP contribution in [0.25, 0.3) is 0 Å². The Morgan fingerprint density at radius 2 is 1.70 bits per heavy atom. The van der Waals surface area contributed by atoms with Gasteiger partial charge in [-0.25, -0.2) is 4.39 Å². The van der Waals surface area contributed by atoms with Gasteiger partial charge in [-0.3, -0.25) is 0 Å². The Morgan fingerprint density at radius 3 is 2.30 bits per heavy atom. The molecule has 0 fully saturated rings. The summed E-state index contributed by atoms with van der Waals surface area (Å²) in [4.78, 5) is 0. The second-order valence-corrected chi connectivity index (χ2v) is 6.62. The van der Waals surface area contributed by atoms with Crippen LogP contribution in [0.3, 0.4) is 0 Å². The van der Waals surface area contributed by atoms with E-state index < -0.39 is 0 Å². The molecule has 20 heavy (non-hydrogen) atoms. The van der Waals surface area contributed by atoms with E-state index in [1.54, 1.807) is 6.07 Å². The SMILES string of the molecule is CNC(c1cc(C)cc(F)c1)c1cc(Br)c(C)cc1Br. The summed E-state index contributed by atoms with van der Waals surface area (Å²) in [6.45, 7) is 3.94. The molecule has 0 spiro atoms. The van der Waals surface area contributed by atoms with Gasteiger partial charge in [0.15, 0.2) is 0 Å². The average Bonchev–Trinajstić information content (AvgIpc) is 2.35. The number of rotatable bonds is 3. The summed E-state index contributed by atoms with van der Waals surface area (Å²) in [7, 11) is 1.88. The van der Waals surface area contributed by atoms with Crippen molar-refractivity contribution in [2.24, 2.45) is 0 Å². The van der Waals surface area contributed by atoms with E-state index >= 15 is 0 Å². The molecule has 0 aromatic heterocycles. The lowest BCUT2D eigenvalue weighted by atomic mass is 9.96. The zero-order valence-corrected chi connectivity index (χ0v) is 14.8. The summed E-state index contributed by atoms with van der Waals surface area (Å²) in [6, 6.07) is 9.20. The van der Waals surface area contributed by atoms with Gasteiger partial charge < -0.3 is 5.32 Å². The predicted octanol–water partition coefficient (Wildman–Crippen LogP) is 5.28. The third-order valence-electron chi connectivity index (χ3n) is 3.28. The summed E-state index contributed by atoms with van der Waals surface area (Å²) < 4.78 is 15.7. The van der Waals surface area contributed by atoms with E-state index in [1.807, 2.05) is 27.0 Å². The topological polar surface area (TPSA) is 12.0 Å². The second-order valence-electron chi connectivity index (χ2n) is 4.91. The highest BCUT2D eigenvalue weighted by molar-refractivity contribution is 9.11. The van der Waals surface area contributed by atoms with Crippen molar-refractivity contribution in [1.82, 2.24) is 5.32 Å². The van der Waals surface area contributed by atoms with Crippen molar-refractivity contribution in [3.63, 3.8) is 0 Å². The van der Waals surface area contributed by atoms with E-state index in [9.17, 15) is 4.39 Å². The number of hydrogen-bond acceptors (Lipinski definition) is 1. The van der Waals surface area contributed by atoms with E-state index in [0.29, 0.717) is 0 Å². The first-order valence-electron chi connectivity index (χ1n) is 6.32. The highest BCUT2D eigenvalue weighted by Gasteiger charge is 2.17. The van der Waals surface area contributed by atoms with Crippen LogP contribution in [-0.2, 0) is 0 Å². The monoisotopic (exact) mass is 399 g/mol. The maximum absolute atomic E-state index is 13.6. The molecule has 1 unspecified atom stereocenters. The molecular formula is C16H16Br2FN. The van der Waals surface area contributed by atoms with Gasteiger partial charge in [-0.05, 0) is 67.4 Å². The quantitative estimate of drug-likeness (QED) is 0.739. The van der Waals surface area contributed by atoms with Crippen LogP contribution in [0.5, 0.6) is 0 Å². The molecule has 2 aromatic carbocycles. The van der Waals surface area contributed by atoms with Crippen LogP contribution in [0.1, 0.15) is 28.3 Å². The third-order valence-corrected chi connectivity index (χ3v) is 4.82. The second kappa shape index (κ2) is 6.37. The molecule has 0 saturated heterocycles. The van der Waals surface area contributed by atoms with E-state index in [4.69, 9.17) is 0 Å². The summed E-state index contributed by atoms with van der Waals surface area (Å²) in [6.07, 6.45) is 0. The van der Waals surface area contributed by atoms with Crippen LogP contribution in [0.2, 0.25) is 0 Å². The maximum Gasteiger partial charge on any atom is 0.123 e. The van der Waals surface area contributed by atoms with Crippen molar-refractivity contribution in [2.45, 2.75) is 19.9 Å². The highest BCUT2D eigenvalue weighted by Crippen LogP contribution is 2.33. The van der Waals surface area contributed by atoms with Crippen molar-refractivity contribution in [3.8, 4) is 0 Å². The zero-order valence-electron chi connectivity index (χ0n) is 11.6. The van der Waals surface area contributed by atoms with E-state index in [1.165, 1.54) is 6.07 Å². The van der Waals surface area contributed by atoms with E-state index in [2.05, 4.69) is 49.3 Å². The first-order chi connectivity index (χ1) is 9.42. The molecule has 1 N–H and O–H groups in total. The molecule has 2 aromatic rings. The fourth-order valence-electron chi connectivity index (χ4n) is 2.32. The van der Waals surface area contributed by atoms with Gasteiger partial charge >= 0.3 is 0 Å². The Hall–Kier alpha value is -0.710. The molecule has 0 aliphatic carbocycles. The number of halogens is 3. The molecule has 0 radical (unpaired) electrons. The Labute approximate surface area is 135 Å². The predicted molar refractivity (Wildman–Crippen MR) is 88.6 cm³/mol. The van der Waals surface area contributed by atoms with Gasteiger partial charge in [-0.15, -0.1) is 0 Å². The van der Waals surface area contributed by atoms with Crippen LogP contribution in [0, 0.1) is 19.7 Å². The smallest absolute Gasteiger partial charge is 0.123 e. The maximum atomic E-state index is 13.6. The third kappa shape index (κ3) is 3.30. The Bertz CT molecular complexity index is 620. The van der Waals surface area contributed by atoms with Crippen LogP contribution in [0.4, 0.5) is 4.39 Å². The number of hydrogen-bond donors (Lipinski definition) is 1. The van der Waals surface area contributed by atoms with Crippen molar-refractivity contribution in [3.05, 3.63) is 67.3 Å². The Balaban J connectivity index is 2.55. The number of aryl methyl sites for hydroxylation is 2. The minimum absolute atomic E-state index is 0.0596. The molecular weight excluding hydrogens is 385 g/mol. The van der Waals surface area contributed by atoms with Crippen LogP contribution in [-0.4, -0.2) is 7.05 Å². The van der Waals surface area contributed by atoms with Crippen molar-refractivity contribution in [2.75, 3.05) is 7.05 Å². The van der Waals surface area contributed by atoms with Gasteiger partial charge in [-0.2, -0.15) is 0 Å². The molecule has 1 atom stereocenters. The van der Waals surface area contributed by atoms with Gasteiger partial charge in [0.2, 0.25) is 0 Å². The molecule has 2 rings (SSSR count). The normalized spacial score (nSPS) is 12.5. The lowest BCUT2D eigenvalue weighted by Gasteiger charge is -2.20. The fraction of sp³-hybridized carbons (Fsp3) is 0.250. The summed E-state index contributed by atoms with van der Waals surface area (Å²) in [5.41, 5.74) is 4.07. The summed E-state index contributed by atoms with van der Waals surface area (Å²) in [5, 5.41) is 3.26. The minimum atomic E-state index is -0.206. The highest BCUT2D eigenvalue weighted by atomic mass is 79.9. The zero-order chi connectivity index (χ0) is 14.9. The van der Waals surface area contributed by atoms with Gasteiger partial charge in [0.1, 0.15) is 5.82 Å². The van der Waals surface area contributed by atoms with Crippen molar-refractivity contribution in [1.29, 1.82) is 0 Å². The Kier molecular flexibility index (Phi) is 4.99. The van der Waals surface area contributed by atoms with Gasteiger partial charge in [0.05, 0.1) is 6.04 Å². The first kappa shape index (κ1) is 15.7. The van der Waals surface area contributed by atoms with Crippen molar-refractivity contribution < 1.29 is 4.39 Å². The lowest BCUT2D eigenvalue weighted by molar-refractivity contribution is 0.615. The molecule has 0 aliphatic heterocycles. The molecule has 4 heteroatoms. The summed E-state index contributed by atoms with van der Waals surface area (Å²) in [5.74, 6) is -0.206. The number of benzene rings is 2. The summed E-state index contributed by atoms with van der Waals surface area (Å²) >= 11 is 7.16. The van der Waals surface area contributed by atoms with Crippen molar-refractivity contribution >= 4 is 31.9 Å². The van der Waals surface area contributed by atoms with E-state index in [-0.39, 0.29) is 11.9 Å². The van der Waals surface area contributed by atoms with E-state index in [0.717, 1.165) is 31.2 Å². The van der Waals surface area contributed by atoms with Gasteiger partial charge in [0.25, 0.3) is 0 Å². The van der Waals surface area contributed by atoms with Crippen LogP contribution in [0.15, 0.2) is 39.3 Å². The fourth-order valence-corrected chi connectivity index (χ4v) is 3.36. The number of nitrogens with one attached hydrogen (secondary N) is 1. The molecule has 0 amide bonds. The molecule has 0 saturated carbocycles. The molecule has 1 nitrogen and oxygen atoms in total. The first-order valence-corrected chi connectivity index (χ1v) is 7.91. The standard InChI is InChI=1S/C16H16Br2FN/c1-9-4-11(7-12(19)5-9)16(20-3)13-8-14(17)10(2)6-15(13)18/h4-8,16,20H,1-3H3. The molecule has 0 aliphatic rings. The largest absolute Gasteiger partial charge is 0.309 e.